The molecule has 10 aliphatic heterocycles. The number of rotatable bonds is 15. The number of azide groups is 3. The van der Waals surface area contributed by atoms with Gasteiger partial charge in [-0.15, -0.1) is 0 Å². The minimum atomic E-state index is -1.27. The number of aliphatic hydroxyl groups excluding tert-OH is 26. The Kier molecular flexibility index (Phi) is 58.1. The fraction of sp³-hybridized carbons (Fsp3) is 1.00. The average molecular weight is 1890 g/mol. The van der Waals surface area contributed by atoms with Crippen LogP contribution >= 0.6 is 0 Å². The van der Waals surface area contributed by atoms with E-state index in [0.717, 1.165) is 0 Å². The summed E-state index contributed by atoms with van der Waals surface area (Å²) < 4.78 is 72.1. The number of aliphatic hydroxyl groups is 26. The lowest BCUT2D eigenvalue weighted by Crippen LogP contribution is -2.62. The summed E-state index contributed by atoms with van der Waals surface area (Å²) in [5.74, 6) is 0. The number of ether oxygens (including phenoxy) is 14. The minimum absolute atomic E-state index is 0.0633. The molecule has 47 atom stereocenters. The Balaban J connectivity index is 0.000000717. The van der Waals surface area contributed by atoms with Crippen LogP contribution in [0.4, 0.5) is 0 Å². The third-order valence-electron chi connectivity index (χ3n) is 23.6. The summed E-state index contributed by atoms with van der Waals surface area (Å²) >= 11 is 0. The highest BCUT2D eigenvalue weighted by Gasteiger charge is 2.50. The van der Waals surface area contributed by atoms with E-state index < -0.39 is 238 Å². The largest absolute Gasteiger partial charge is 0.394 e. The molecule has 10 saturated heterocycles. The van der Waals surface area contributed by atoms with Gasteiger partial charge in [-0.3, -0.25) is 0 Å². The summed E-state index contributed by atoms with van der Waals surface area (Å²) in [4.78, 5) is 11.2. The molecule has 10 rings (SSSR count). The molecule has 47 unspecified atom stereocenters. The molecule has 762 valence electrons. The van der Waals surface area contributed by atoms with Gasteiger partial charge in [0.25, 0.3) is 0 Å². The third-order valence-corrected chi connectivity index (χ3v) is 23.6. The number of methoxy groups -OCH3 is 4. The molecule has 10 heterocycles. The van der Waals surface area contributed by atoms with E-state index in [1.165, 1.54) is 28.4 Å². The lowest BCUT2D eigenvalue weighted by Gasteiger charge is -2.44. The number of nitrogens with zero attached hydrogens (tertiary/aromatic N) is 11. The molecule has 0 bridgehead atoms. The highest BCUT2D eigenvalue weighted by atomic mass is 16.6. The zero-order chi connectivity index (χ0) is 99.5. The van der Waals surface area contributed by atoms with Gasteiger partial charge in [-0.2, -0.15) is 0 Å². The van der Waals surface area contributed by atoms with Crippen LogP contribution in [0.2, 0.25) is 0 Å². The van der Waals surface area contributed by atoms with E-state index in [2.05, 4.69) is 30.1 Å². The molecule has 0 saturated carbocycles. The molecule has 0 radical (unpaired) electrons. The lowest BCUT2D eigenvalue weighted by molar-refractivity contribution is -0.231. The molecule has 51 nitrogen and oxygen atoms in total. The van der Waals surface area contributed by atoms with Gasteiger partial charge in [0.1, 0.15) is 134 Å². The topological polar surface area (TPSA) is 808 Å². The smallest absolute Gasteiger partial charge is 0.114 e. The summed E-state index contributed by atoms with van der Waals surface area (Å²) in [6.07, 6.45) is -30.1. The van der Waals surface area contributed by atoms with E-state index in [1.54, 1.807) is 88.2 Å². The quantitative estimate of drug-likeness (QED) is 0.0411. The first kappa shape index (κ1) is 123. The fourth-order valence-electron chi connectivity index (χ4n) is 15.6. The maximum absolute atomic E-state index is 9.80. The standard InChI is InChI=1S/C9H19NO4.C9H19NO3.2C8H16O5.2C8H16O4.3C7H13N3O4.C7H14O3/c1-5-8(12)7(10(2)3)9(13)6(4-11)14-5;1-5-8(11)7(10(3)4)9(12)6(2)13-5;1-4-6(10)7(11)8(12-2)5(3-9)13-4;1-4-6(10)8(12-2)7(11)5(3-9)13-4;1-4-6(9)7(10)8(11-3)5(2)12-4;1-4-6(9)8(11-3)7(10)5(2)12-4;1-3-6(12)5(9-10-8)7(13)4(2-11)14-3;1-3-6(12)7(13)5(9-10-8)4(2-11)14-3;1-3-5(11)7(13)6(12)4(14-3)2-9-10-8;1-4-3-6(8)7(9)5(2)10-4/h5-9,11-13H,4H2,1-3H3;5-9,11-12H,1-4H3;2*4-11H,3H2,1-2H3;2*4-10H,1-3H3;3*3-7,11-13H,2H2,1H3;4-9H,3H2,1-2H3. The molecule has 0 aromatic heterocycles. The zero-order valence-electron chi connectivity index (χ0n) is 77.5. The van der Waals surface area contributed by atoms with Gasteiger partial charge < -0.3 is 209 Å². The molecule has 10 fully saturated rings. The van der Waals surface area contributed by atoms with Crippen LogP contribution in [0.3, 0.4) is 0 Å². The van der Waals surface area contributed by atoms with Crippen molar-refractivity contribution in [1.29, 1.82) is 0 Å². The highest BCUT2D eigenvalue weighted by molar-refractivity contribution is 5.01. The minimum Gasteiger partial charge on any atom is -0.394 e. The third kappa shape index (κ3) is 35.6. The molecule has 0 amide bonds. The first-order chi connectivity index (χ1) is 60.2. The van der Waals surface area contributed by atoms with E-state index in [-0.39, 0.29) is 101 Å². The van der Waals surface area contributed by atoms with Gasteiger partial charge in [0.15, 0.2) is 0 Å². The molecular weight excluding hydrogens is 1730 g/mol. The molecule has 129 heavy (non-hydrogen) atoms. The molecule has 0 aliphatic carbocycles. The molecule has 10 aliphatic rings. The Hall–Kier alpha value is -3.75. The summed E-state index contributed by atoms with van der Waals surface area (Å²) in [5, 5.41) is 254. The van der Waals surface area contributed by atoms with Gasteiger partial charge >= 0.3 is 0 Å². The Morgan fingerprint density at radius 2 is 0.558 bits per heavy atom. The summed E-state index contributed by atoms with van der Waals surface area (Å²) in [5.41, 5.74) is 24.5. The van der Waals surface area contributed by atoms with Gasteiger partial charge in [-0.25, -0.2) is 0 Å². The van der Waals surface area contributed by atoms with Crippen LogP contribution in [0.1, 0.15) is 103 Å². The first-order valence-electron chi connectivity index (χ1n) is 42.6. The van der Waals surface area contributed by atoms with E-state index >= 15 is 0 Å². The second kappa shape index (κ2) is 60.8. The molecule has 0 aromatic rings. The lowest BCUT2D eigenvalue weighted by atomic mass is 9.92. The molecular formula is C78H155N11O40. The Morgan fingerprint density at radius 1 is 0.264 bits per heavy atom. The second-order valence-electron chi connectivity index (χ2n) is 33.6. The zero-order valence-corrected chi connectivity index (χ0v) is 77.5. The van der Waals surface area contributed by atoms with Crippen LogP contribution in [0.15, 0.2) is 15.3 Å². The Labute approximate surface area is 751 Å². The van der Waals surface area contributed by atoms with Gasteiger partial charge in [-0.05, 0) is 142 Å². The highest BCUT2D eigenvalue weighted by Crippen LogP contribution is 2.31. The van der Waals surface area contributed by atoms with Gasteiger partial charge in [0.05, 0.1) is 204 Å². The predicted octanol–water partition coefficient (Wildman–Crippen LogP) is -8.66. The Bertz CT molecular complexity index is 3070. The van der Waals surface area contributed by atoms with Crippen LogP contribution < -0.4 is 0 Å². The first-order valence-corrected chi connectivity index (χ1v) is 42.6. The summed E-state index contributed by atoms with van der Waals surface area (Å²) in [6.45, 7) is 22.6. The second-order valence-corrected chi connectivity index (χ2v) is 33.6. The number of hydrogen-bond donors (Lipinski definition) is 26. The summed E-state index contributed by atoms with van der Waals surface area (Å²) in [7, 11) is 13.0. The number of likely N-dealkylation sites (N-methyl/N-ethyl adjacent to an activating group) is 2. The van der Waals surface area contributed by atoms with Crippen molar-refractivity contribution >= 4 is 0 Å². The van der Waals surface area contributed by atoms with Crippen LogP contribution in [-0.4, -0.2) is 538 Å². The Morgan fingerprint density at radius 3 is 0.953 bits per heavy atom. The van der Waals surface area contributed by atoms with E-state index in [1.807, 2.05) is 46.7 Å². The summed E-state index contributed by atoms with van der Waals surface area (Å²) in [6, 6.07) is -2.55. The van der Waals surface area contributed by atoms with Crippen molar-refractivity contribution in [2.45, 2.75) is 402 Å². The maximum atomic E-state index is 9.80. The van der Waals surface area contributed by atoms with Crippen LogP contribution in [-0.2, 0) is 66.3 Å². The van der Waals surface area contributed by atoms with Crippen molar-refractivity contribution in [1.82, 2.24) is 9.80 Å². The molecule has 26 N–H and O–H groups in total. The van der Waals surface area contributed by atoms with Crippen molar-refractivity contribution < 1.29 is 199 Å². The fourth-order valence-corrected chi connectivity index (χ4v) is 15.6. The normalized spacial score (nSPS) is 45.9. The van der Waals surface area contributed by atoms with E-state index in [0.29, 0.717) is 6.42 Å². The molecule has 0 spiro atoms. The van der Waals surface area contributed by atoms with E-state index in [9.17, 15) is 107 Å². The molecule has 51 heteroatoms. The SMILES string of the molecule is CC1CC(O)C(O)C(C)O1.CC1OC(C)C(O)C(N(C)C)C1O.CC1OC(CN=[N+]=[N-])C(O)C(O)C1O.CC1OC(CO)C(N=[N+]=[N-])C(O)C1O.CC1OC(CO)C(O)C(N(C)C)C1O.CC1OC(CO)C(O)C(N=[N+]=[N-])C1O.COC1C(C)OC(C)C(O)C1O.COC1C(CO)OC(C)C(O)C1O.COC1C(O)C(C)OC(C)C1O.COC1C(O)C(C)OC(CO)C1O. The van der Waals surface area contributed by atoms with Crippen molar-refractivity contribution in [2.24, 2.45) is 15.3 Å². The van der Waals surface area contributed by atoms with Crippen molar-refractivity contribution in [3.8, 4) is 0 Å². The van der Waals surface area contributed by atoms with Gasteiger partial charge in [0.2, 0.25) is 0 Å². The van der Waals surface area contributed by atoms with Crippen molar-refractivity contribution in [3.05, 3.63) is 31.3 Å². The monoisotopic (exact) mass is 1890 g/mol. The van der Waals surface area contributed by atoms with Crippen LogP contribution in [0, 0.1) is 0 Å². The molecule has 0 aromatic carbocycles. The van der Waals surface area contributed by atoms with Crippen molar-refractivity contribution in [3.63, 3.8) is 0 Å². The van der Waals surface area contributed by atoms with Gasteiger partial charge in [0, 0.05) is 49.6 Å². The van der Waals surface area contributed by atoms with E-state index in [4.69, 9.17) is 108 Å². The van der Waals surface area contributed by atoms with Gasteiger partial charge in [-0.1, -0.05) is 15.3 Å². The average Bonchev–Trinajstić information content (AvgIpc) is 0.795. The predicted molar refractivity (Wildman–Crippen MR) is 450 cm³/mol. The van der Waals surface area contributed by atoms with Crippen LogP contribution in [0.25, 0.3) is 31.3 Å². The maximum Gasteiger partial charge on any atom is 0.114 e. The van der Waals surface area contributed by atoms with Crippen molar-refractivity contribution in [2.75, 3.05) is 96.2 Å². The number of hydrogen-bond acceptors (Lipinski definition) is 45. The van der Waals surface area contributed by atoms with Crippen LogP contribution in [0.5, 0.6) is 0 Å².